The smallest absolute Gasteiger partial charge is 0.343 e. The Morgan fingerprint density at radius 3 is 2.10 bits per heavy atom. The van der Waals surface area contributed by atoms with Crippen molar-refractivity contribution in [2.24, 2.45) is 5.10 Å². The molecular formula is C22H15Cl2N3O4. The average Bonchev–Trinajstić information content (AvgIpc) is 2.76. The van der Waals surface area contributed by atoms with Crippen molar-refractivity contribution >= 4 is 52.9 Å². The van der Waals surface area contributed by atoms with E-state index in [2.05, 4.69) is 15.8 Å². The van der Waals surface area contributed by atoms with Gasteiger partial charge in [0.15, 0.2) is 0 Å². The molecule has 31 heavy (non-hydrogen) atoms. The number of nitrogens with one attached hydrogen (secondary N) is 2. The number of halogens is 2. The molecule has 0 aliphatic heterocycles. The van der Waals surface area contributed by atoms with E-state index in [4.69, 9.17) is 27.9 Å². The summed E-state index contributed by atoms with van der Waals surface area (Å²) < 4.78 is 5.39. The van der Waals surface area contributed by atoms with E-state index < -0.39 is 17.8 Å². The number of carbonyl (C=O) groups is 3. The lowest BCUT2D eigenvalue weighted by Gasteiger charge is -2.07. The van der Waals surface area contributed by atoms with Crippen LogP contribution in [0.1, 0.15) is 15.9 Å². The highest BCUT2D eigenvalue weighted by molar-refractivity contribution is 6.39. The molecule has 7 nitrogen and oxygen atoms in total. The highest BCUT2D eigenvalue weighted by atomic mass is 35.5. The van der Waals surface area contributed by atoms with Crippen LogP contribution in [0.15, 0.2) is 77.9 Å². The highest BCUT2D eigenvalue weighted by Crippen LogP contribution is 2.18. The van der Waals surface area contributed by atoms with Crippen LogP contribution in [-0.2, 0) is 9.59 Å². The number of anilines is 1. The van der Waals surface area contributed by atoms with Gasteiger partial charge in [0.2, 0.25) is 0 Å². The summed E-state index contributed by atoms with van der Waals surface area (Å²) in [7, 11) is 0. The maximum atomic E-state index is 12.3. The third-order valence-corrected chi connectivity index (χ3v) is 4.38. The van der Waals surface area contributed by atoms with E-state index in [0.29, 0.717) is 26.9 Å². The number of rotatable bonds is 5. The molecular weight excluding hydrogens is 441 g/mol. The summed E-state index contributed by atoms with van der Waals surface area (Å²) in [5, 5.41) is 7.17. The molecule has 3 aromatic carbocycles. The third-order valence-electron chi connectivity index (χ3n) is 3.88. The Labute approximate surface area is 187 Å². The van der Waals surface area contributed by atoms with Crippen LogP contribution >= 0.6 is 23.2 Å². The molecule has 0 unspecified atom stereocenters. The number of amides is 2. The molecule has 0 aromatic heterocycles. The predicted octanol–water partition coefficient (Wildman–Crippen LogP) is 4.30. The van der Waals surface area contributed by atoms with Gasteiger partial charge in [-0.25, -0.2) is 10.2 Å². The summed E-state index contributed by atoms with van der Waals surface area (Å²) in [6, 6.07) is 19.1. The number of para-hydroxylation sites is 1. The van der Waals surface area contributed by atoms with Gasteiger partial charge in [0, 0.05) is 21.3 Å². The monoisotopic (exact) mass is 455 g/mol. The normalized spacial score (nSPS) is 10.5. The first kappa shape index (κ1) is 22.0. The van der Waals surface area contributed by atoms with E-state index in [1.54, 1.807) is 72.8 Å². The van der Waals surface area contributed by atoms with Crippen molar-refractivity contribution in [2.75, 3.05) is 5.32 Å². The molecule has 0 bridgehead atoms. The van der Waals surface area contributed by atoms with Crippen LogP contribution < -0.4 is 15.5 Å². The van der Waals surface area contributed by atoms with E-state index >= 15 is 0 Å². The lowest BCUT2D eigenvalue weighted by atomic mass is 10.2. The summed E-state index contributed by atoms with van der Waals surface area (Å²) in [6.07, 6.45) is 1.26. The standard InChI is InChI=1S/C22H15Cl2N3O4/c23-16-7-5-14(6-8-16)22(30)31-19-4-2-1-3-15(19)13-25-27-21(29)20(28)26-18-11-9-17(24)10-12-18/h1-13H,(H,26,28)(H,27,29). The number of carbonyl (C=O) groups excluding carboxylic acids is 3. The van der Waals surface area contributed by atoms with Crippen molar-refractivity contribution in [3.63, 3.8) is 0 Å². The molecule has 2 amide bonds. The van der Waals surface area contributed by atoms with E-state index in [1.165, 1.54) is 6.21 Å². The van der Waals surface area contributed by atoms with Gasteiger partial charge in [-0.05, 0) is 60.7 Å². The van der Waals surface area contributed by atoms with Gasteiger partial charge in [-0.15, -0.1) is 0 Å². The summed E-state index contributed by atoms with van der Waals surface area (Å²) in [4.78, 5) is 36.1. The van der Waals surface area contributed by atoms with Crippen LogP contribution in [0.5, 0.6) is 5.75 Å². The molecule has 0 spiro atoms. The second kappa shape index (κ2) is 10.4. The fourth-order valence-electron chi connectivity index (χ4n) is 2.36. The maximum Gasteiger partial charge on any atom is 0.343 e. The predicted molar refractivity (Wildman–Crippen MR) is 119 cm³/mol. The van der Waals surface area contributed by atoms with Crippen LogP contribution in [0.25, 0.3) is 0 Å². The van der Waals surface area contributed by atoms with Gasteiger partial charge in [0.05, 0.1) is 11.8 Å². The van der Waals surface area contributed by atoms with Crippen molar-refractivity contribution in [1.29, 1.82) is 0 Å². The lowest BCUT2D eigenvalue weighted by Crippen LogP contribution is -2.32. The first-order valence-corrected chi connectivity index (χ1v) is 9.65. The largest absolute Gasteiger partial charge is 0.422 e. The molecule has 0 heterocycles. The molecule has 0 fully saturated rings. The Balaban J connectivity index is 1.61. The molecule has 0 aliphatic rings. The Morgan fingerprint density at radius 2 is 1.42 bits per heavy atom. The van der Waals surface area contributed by atoms with Crippen molar-refractivity contribution < 1.29 is 19.1 Å². The Hall–Kier alpha value is -3.68. The zero-order valence-electron chi connectivity index (χ0n) is 15.8. The Morgan fingerprint density at radius 1 is 0.806 bits per heavy atom. The molecule has 3 rings (SSSR count). The quantitative estimate of drug-likeness (QED) is 0.197. The average molecular weight is 456 g/mol. The summed E-state index contributed by atoms with van der Waals surface area (Å²) in [6.45, 7) is 0. The van der Waals surface area contributed by atoms with Crippen LogP contribution in [0.3, 0.4) is 0 Å². The summed E-state index contributed by atoms with van der Waals surface area (Å²) in [5.74, 6) is -2.22. The van der Waals surface area contributed by atoms with Crippen LogP contribution in [0.4, 0.5) is 5.69 Å². The van der Waals surface area contributed by atoms with E-state index in [0.717, 1.165) is 0 Å². The molecule has 2 N–H and O–H groups in total. The van der Waals surface area contributed by atoms with Crippen molar-refractivity contribution in [3.05, 3.63) is 94.0 Å². The Bertz CT molecular complexity index is 1130. The number of esters is 1. The fourth-order valence-corrected chi connectivity index (χ4v) is 2.61. The van der Waals surface area contributed by atoms with Crippen LogP contribution in [-0.4, -0.2) is 24.0 Å². The van der Waals surface area contributed by atoms with Crippen molar-refractivity contribution in [3.8, 4) is 5.75 Å². The van der Waals surface area contributed by atoms with Crippen molar-refractivity contribution in [2.45, 2.75) is 0 Å². The van der Waals surface area contributed by atoms with E-state index in [-0.39, 0.29) is 5.75 Å². The first-order chi connectivity index (χ1) is 14.9. The zero-order valence-corrected chi connectivity index (χ0v) is 17.4. The van der Waals surface area contributed by atoms with Crippen LogP contribution in [0, 0.1) is 0 Å². The molecule has 0 saturated carbocycles. The van der Waals surface area contributed by atoms with Crippen molar-refractivity contribution in [1.82, 2.24) is 5.43 Å². The number of hydrogen-bond donors (Lipinski definition) is 2. The van der Waals surface area contributed by atoms with Gasteiger partial charge in [-0.3, -0.25) is 9.59 Å². The molecule has 9 heteroatoms. The molecule has 3 aromatic rings. The van der Waals surface area contributed by atoms with Gasteiger partial charge in [0.25, 0.3) is 0 Å². The fraction of sp³-hybridized carbons (Fsp3) is 0. The minimum Gasteiger partial charge on any atom is -0.422 e. The van der Waals surface area contributed by atoms with Gasteiger partial charge >= 0.3 is 17.8 Å². The number of hydrazone groups is 1. The second-order valence-electron chi connectivity index (χ2n) is 6.09. The molecule has 156 valence electrons. The van der Waals surface area contributed by atoms with Crippen LogP contribution in [0.2, 0.25) is 10.0 Å². The number of ether oxygens (including phenoxy) is 1. The third kappa shape index (κ3) is 6.40. The second-order valence-corrected chi connectivity index (χ2v) is 6.97. The van der Waals surface area contributed by atoms with E-state index in [9.17, 15) is 14.4 Å². The summed E-state index contributed by atoms with van der Waals surface area (Å²) >= 11 is 11.6. The topological polar surface area (TPSA) is 96.9 Å². The molecule has 0 saturated heterocycles. The molecule has 0 aliphatic carbocycles. The van der Waals surface area contributed by atoms with Gasteiger partial charge in [-0.1, -0.05) is 35.3 Å². The molecule has 0 atom stereocenters. The first-order valence-electron chi connectivity index (χ1n) is 8.89. The highest BCUT2D eigenvalue weighted by Gasteiger charge is 2.14. The molecule has 0 radical (unpaired) electrons. The number of nitrogens with zero attached hydrogens (tertiary/aromatic N) is 1. The minimum atomic E-state index is -0.971. The number of hydrogen-bond acceptors (Lipinski definition) is 5. The maximum absolute atomic E-state index is 12.3. The number of benzene rings is 3. The Kier molecular flexibility index (Phi) is 7.37. The van der Waals surface area contributed by atoms with Gasteiger partial charge < -0.3 is 10.1 Å². The minimum absolute atomic E-state index is 0.228. The van der Waals surface area contributed by atoms with Gasteiger partial charge in [-0.2, -0.15) is 5.10 Å². The summed E-state index contributed by atoms with van der Waals surface area (Å²) in [5.41, 5.74) is 3.27. The van der Waals surface area contributed by atoms with Gasteiger partial charge in [0.1, 0.15) is 5.75 Å². The lowest BCUT2D eigenvalue weighted by molar-refractivity contribution is -0.136. The zero-order chi connectivity index (χ0) is 22.2. The van der Waals surface area contributed by atoms with E-state index in [1.807, 2.05) is 0 Å². The SMILES string of the molecule is O=C(NN=Cc1ccccc1OC(=O)c1ccc(Cl)cc1)C(=O)Nc1ccc(Cl)cc1.